The van der Waals surface area contributed by atoms with Gasteiger partial charge in [0, 0.05) is 33.0 Å². The summed E-state index contributed by atoms with van der Waals surface area (Å²) < 4.78 is 76.6. The van der Waals surface area contributed by atoms with Crippen molar-refractivity contribution >= 4 is 5.97 Å². The van der Waals surface area contributed by atoms with Gasteiger partial charge in [0.2, 0.25) is 0 Å². The molecule has 2 atom stereocenters. The van der Waals surface area contributed by atoms with Crippen molar-refractivity contribution in [3.05, 3.63) is 17.7 Å². The lowest BCUT2D eigenvalue weighted by atomic mass is 9.89. The highest BCUT2D eigenvalue weighted by molar-refractivity contribution is 5.74. The van der Waals surface area contributed by atoms with Crippen LogP contribution in [-0.4, -0.2) is 22.1 Å². The van der Waals surface area contributed by atoms with E-state index in [-0.39, 0.29) is 5.82 Å². The summed E-state index contributed by atoms with van der Waals surface area (Å²) in [4.78, 5) is 15.9. The van der Waals surface area contributed by atoms with Gasteiger partial charge in [-0.05, 0) is 19.7 Å². The zero-order chi connectivity index (χ0) is 19.6. The number of aromatic nitrogens is 2. The first kappa shape index (κ1) is 4.51. The van der Waals surface area contributed by atoms with Gasteiger partial charge >= 0.3 is 5.97 Å². The van der Waals surface area contributed by atoms with Crippen LogP contribution in [0.25, 0.3) is 0 Å². The Bertz CT molecular complexity index is 712. The second-order valence-electron chi connectivity index (χ2n) is 3.50. The quantitative estimate of drug-likeness (QED) is 0.740. The van der Waals surface area contributed by atoms with Crippen molar-refractivity contribution in [3.8, 4) is 0 Å². The average molecular weight is 231 g/mol. The Morgan fingerprint density at radius 1 is 2.00 bits per heavy atom. The molecule has 2 heterocycles. The van der Waals surface area contributed by atoms with Crippen molar-refractivity contribution < 1.29 is 21.9 Å². The number of cyclic esters (lactones) is 1. The van der Waals surface area contributed by atoms with Gasteiger partial charge in [0.15, 0.2) is 0 Å². The van der Waals surface area contributed by atoms with Gasteiger partial charge in [0.25, 0.3) is 0 Å². The molecule has 1 saturated heterocycles. The minimum Gasteiger partial charge on any atom is -0.465 e. The summed E-state index contributed by atoms with van der Waals surface area (Å²) >= 11 is 0. The lowest BCUT2D eigenvalue weighted by Gasteiger charge is -2.13. The number of hydrogen-bond donors (Lipinski definition) is 0. The largest absolute Gasteiger partial charge is 0.465 e. The van der Waals surface area contributed by atoms with Crippen molar-refractivity contribution in [2.24, 2.45) is 18.9 Å². The van der Waals surface area contributed by atoms with E-state index in [2.05, 4.69) is 9.72 Å². The number of ether oxygens (including phenoxy) is 1. The number of aryl methyl sites for hydroxylation is 1. The molecule has 4 nitrogen and oxygen atoms in total. The SMILES string of the molecule is [2H]c1nc(C)n(C)c1C([2H])([2H])[C@]1([2H])[C@H](CC([2H])([2H])[2H])C(=O)OC1([2H])[2H]. The number of hydrogen-bond acceptors (Lipinski definition) is 3. The van der Waals surface area contributed by atoms with Gasteiger partial charge < -0.3 is 9.30 Å². The molecule has 0 spiro atoms. The van der Waals surface area contributed by atoms with E-state index in [4.69, 9.17) is 12.3 Å². The first-order valence-corrected chi connectivity index (χ1v) is 4.79. The van der Waals surface area contributed by atoms with E-state index >= 15 is 0 Å². The summed E-state index contributed by atoms with van der Waals surface area (Å²) in [6, 6.07) is 0. The van der Waals surface area contributed by atoms with E-state index in [1.165, 1.54) is 18.5 Å². The van der Waals surface area contributed by atoms with Gasteiger partial charge in [-0.15, -0.1) is 0 Å². The summed E-state index contributed by atoms with van der Waals surface area (Å²) in [7, 11) is 1.39. The standard InChI is InChI=1S/C12H18N2O2/c1-4-11-9(7-16-12(11)15)5-10-6-13-8(2)14(10)3/h6,9,11H,4-5,7H2,1-3H3/t9-,11-/m0/s1/i1D3,5D2,6D,7D2,9D. The lowest BCUT2D eigenvalue weighted by Crippen LogP contribution is -2.18. The van der Waals surface area contributed by atoms with E-state index in [1.807, 2.05) is 0 Å². The van der Waals surface area contributed by atoms with Crippen LogP contribution in [0.4, 0.5) is 0 Å². The Hall–Kier alpha value is -1.32. The van der Waals surface area contributed by atoms with Gasteiger partial charge in [0.05, 0.1) is 16.6 Å². The smallest absolute Gasteiger partial charge is 0.309 e. The maximum atomic E-state index is 12.1. The molecular formula is C12H18N2O2. The molecule has 4 heteroatoms. The summed E-state index contributed by atoms with van der Waals surface area (Å²) in [5.74, 6) is -5.82. The van der Waals surface area contributed by atoms with Gasteiger partial charge in [-0.25, -0.2) is 4.98 Å². The number of rotatable bonds is 3. The van der Waals surface area contributed by atoms with E-state index in [0.29, 0.717) is 0 Å². The fraction of sp³-hybridized carbons (Fsp3) is 0.667. The highest BCUT2D eigenvalue weighted by atomic mass is 16.5. The van der Waals surface area contributed by atoms with Crippen molar-refractivity contribution in [1.82, 2.24) is 9.55 Å². The molecule has 16 heavy (non-hydrogen) atoms. The van der Waals surface area contributed by atoms with Crippen LogP contribution in [0.5, 0.6) is 0 Å². The van der Waals surface area contributed by atoms with Gasteiger partial charge in [-0.2, -0.15) is 0 Å². The van der Waals surface area contributed by atoms with Gasteiger partial charge in [-0.1, -0.05) is 6.85 Å². The van der Waals surface area contributed by atoms with E-state index in [1.54, 1.807) is 0 Å². The van der Waals surface area contributed by atoms with Crippen molar-refractivity contribution in [2.75, 3.05) is 6.56 Å². The molecule has 1 aromatic rings. The summed E-state index contributed by atoms with van der Waals surface area (Å²) in [6.45, 7) is -4.29. The number of carbonyl (C=O) groups is 1. The number of esters is 1. The molecule has 0 aromatic carbocycles. The second kappa shape index (κ2) is 4.28. The molecule has 0 bridgehead atoms. The number of imidazole rings is 1. The van der Waals surface area contributed by atoms with Crippen LogP contribution in [0.2, 0.25) is 0 Å². The predicted octanol–water partition coefficient (Wildman–Crippen LogP) is 1.47. The summed E-state index contributed by atoms with van der Waals surface area (Å²) in [5.41, 5.74) is -0.419. The highest BCUT2D eigenvalue weighted by Crippen LogP contribution is 2.28. The minimum atomic E-state index is -3.09. The van der Waals surface area contributed by atoms with Crippen LogP contribution in [-0.2, 0) is 23.0 Å². The average Bonchev–Trinajstić information content (AvgIpc) is 2.75. The van der Waals surface area contributed by atoms with Crippen molar-refractivity contribution in [3.63, 3.8) is 0 Å². The Balaban J connectivity index is 2.70. The normalized spacial score (nSPS) is 42.5. The van der Waals surface area contributed by atoms with Crippen LogP contribution in [0, 0.1) is 18.7 Å². The van der Waals surface area contributed by atoms with Crippen LogP contribution in [0.3, 0.4) is 0 Å². The fourth-order valence-corrected chi connectivity index (χ4v) is 1.35. The van der Waals surface area contributed by atoms with Crippen molar-refractivity contribution in [1.29, 1.82) is 0 Å². The number of nitrogens with zero attached hydrogens (tertiary/aromatic N) is 2. The lowest BCUT2D eigenvalue weighted by molar-refractivity contribution is -0.141. The summed E-state index contributed by atoms with van der Waals surface area (Å²) in [6.07, 6.45) is -4.36. The minimum absolute atomic E-state index is 0.255. The fourth-order valence-electron chi connectivity index (χ4n) is 1.35. The van der Waals surface area contributed by atoms with Gasteiger partial charge in [0.1, 0.15) is 5.82 Å². The highest BCUT2D eigenvalue weighted by Gasteiger charge is 2.35. The second-order valence-corrected chi connectivity index (χ2v) is 3.50. The number of carbonyl (C=O) groups excluding carboxylic acids is 1. The first-order valence-electron chi connectivity index (χ1n) is 9.29. The third-order valence-electron chi connectivity index (χ3n) is 2.50. The molecule has 0 saturated carbocycles. The zero-order valence-corrected chi connectivity index (χ0v) is 9.00. The maximum absolute atomic E-state index is 12.1. The third-order valence-corrected chi connectivity index (χ3v) is 2.50. The van der Waals surface area contributed by atoms with E-state index < -0.39 is 55.9 Å². The molecule has 1 fully saturated rings. The van der Waals surface area contributed by atoms with Crippen LogP contribution < -0.4 is 0 Å². The Labute approximate surface area is 108 Å². The third kappa shape index (κ3) is 1.84. The molecule has 0 unspecified atom stereocenters. The molecule has 1 aliphatic rings. The van der Waals surface area contributed by atoms with E-state index in [9.17, 15) is 4.79 Å². The monoisotopic (exact) mass is 231 g/mol. The van der Waals surface area contributed by atoms with Crippen LogP contribution >= 0.6 is 0 Å². The molecule has 88 valence electrons. The maximum Gasteiger partial charge on any atom is 0.309 e. The van der Waals surface area contributed by atoms with Crippen LogP contribution in [0.15, 0.2) is 6.17 Å². The van der Waals surface area contributed by atoms with Gasteiger partial charge in [-0.3, -0.25) is 4.79 Å². The molecule has 0 amide bonds. The topological polar surface area (TPSA) is 44.1 Å². The van der Waals surface area contributed by atoms with Crippen LogP contribution in [0.1, 0.15) is 37.1 Å². The van der Waals surface area contributed by atoms with E-state index in [0.717, 1.165) is 0 Å². The Morgan fingerprint density at radius 2 is 2.81 bits per heavy atom. The molecule has 1 aromatic heterocycles. The Kier molecular flexibility index (Phi) is 1.21. The molecule has 0 radical (unpaired) electrons. The Morgan fingerprint density at radius 3 is 3.44 bits per heavy atom. The van der Waals surface area contributed by atoms with Crippen molar-refractivity contribution in [2.45, 2.75) is 26.6 Å². The molecular weight excluding hydrogens is 204 g/mol. The molecule has 0 N–H and O–H groups in total. The molecule has 0 aliphatic carbocycles. The predicted molar refractivity (Wildman–Crippen MR) is 59.9 cm³/mol. The zero-order valence-electron chi connectivity index (χ0n) is 18.0. The molecule has 2 rings (SSSR count). The molecule has 1 aliphatic heterocycles. The summed E-state index contributed by atoms with van der Waals surface area (Å²) in [5, 5.41) is 0. The first-order chi connectivity index (χ1) is 11.1.